The molecule has 0 bridgehead atoms. The van der Waals surface area contributed by atoms with Gasteiger partial charge in [-0.15, -0.1) is 0 Å². The van der Waals surface area contributed by atoms with E-state index in [-0.39, 0.29) is 18.9 Å². The van der Waals surface area contributed by atoms with E-state index in [1.807, 2.05) is 0 Å². The van der Waals surface area contributed by atoms with Gasteiger partial charge >= 0.3 is 11.9 Å². The Labute approximate surface area is 234 Å². The summed E-state index contributed by atoms with van der Waals surface area (Å²) in [5.41, 5.74) is 0. The van der Waals surface area contributed by atoms with Crippen LogP contribution >= 0.6 is 0 Å². The Balaban J connectivity index is 3.89. The van der Waals surface area contributed by atoms with Gasteiger partial charge in [-0.2, -0.15) is 0 Å². The molecule has 0 amide bonds. The topological polar surface area (TPSA) is 139 Å². The second kappa shape index (κ2) is 31.2. The largest absolute Gasteiger partial charge is 0.481 e. The number of aliphatic carboxylic acids is 2. The van der Waals surface area contributed by atoms with E-state index in [1.54, 1.807) is 7.11 Å². The molecule has 1 unspecified atom stereocenters. The molecule has 11 nitrogen and oxygen atoms in total. The van der Waals surface area contributed by atoms with Crippen molar-refractivity contribution in [2.24, 2.45) is 0 Å². The smallest absolute Gasteiger partial charge is 0.303 e. The number of rotatable bonds is 33. The molecule has 0 aliphatic rings. The van der Waals surface area contributed by atoms with Gasteiger partial charge in [0, 0.05) is 33.2 Å². The summed E-state index contributed by atoms with van der Waals surface area (Å²) in [7, 11) is 1.64. The number of hydrogen-bond acceptors (Lipinski definition) is 9. The van der Waals surface area contributed by atoms with E-state index in [2.05, 4.69) is 0 Å². The van der Waals surface area contributed by atoms with Gasteiger partial charge in [0.2, 0.25) is 0 Å². The lowest BCUT2D eigenvalue weighted by atomic mass is 10.1. The van der Waals surface area contributed by atoms with Crippen molar-refractivity contribution in [1.82, 2.24) is 0 Å². The molecule has 0 rings (SSSR count). The van der Waals surface area contributed by atoms with Crippen LogP contribution in [0.1, 0.15) is 77.0 Å². The van der Waals surface area contributed by atoms with Crippen molar-refractivity contribution >= 4 is 11.9 Å². The third-order valence-electron chi connectivity index (χ3n) is 5.72. The second-order valence-corrected chi connectivity index (χ2v) is 9.30. The molecular formula is C28H54O11. The summed E-state index contributed by atoms with van der Waals surface area (Å²) in [6, 6.07) is 0. The fourth-order valence-electron chi connectivity index (χ4n) is 3.55. The SMILES string of the molecule is COCCOCCOCCOCCOCC(COCCCCCCCC(=O)O)OCCCCCCCC(=O)O. The fourth-order valence-corrected chi connectivity index (χ4v) is 3.55. The highest BCUT2D eigenvalue weighted by Gasteiger charge is 2.10. The normalized spacial score (nSPS) is 12.1. The van der Waals surface area contributed by atoms with Crippen LogP contribution < -0.4 is 0 Å². The van der Waals surface area contributed by atoms with Crippen molar-refractivity contribution in [2.45, 2.75) is 83.2 Å². The number of hydrogen-bond donors (Lipinski definition) is 2. The Hall–Kier alpha value is -1.34. The molecule has 11 heteroatoms. The first-order valence-electron chi connectivity index (χ1n) is 14.5. The maximum Gasteiger partial charge on any atom is 0.303 e. The molecule has 0 aliphatic carbocycles. The summed E-state index contributed by atoms with van der Waals surface area (Å²) in [6.45, 7) is 6.26. The van der Waals surface area contributed by atoms with Crippen molar-refractivity contribution in [1.29, 1.82) is 0 Å². The standard InChI is InChI=1S/C28H54O11/c1-33-16-17-34-18-19-35-20-21-36-22-23-38-25-26(39-15-11-7-3-5-9-13-28(31)32)24-37-14-10-6-2-4-8-12-27(29)30/h26H,2-25H2,1H3,(H,29,30)(H,31,32). The van der Waals surface area contributed by atoms with Crippen LogP contribution in [0.5, 0.6) is 0 Å². The van der Waals surface area contributed by atoms with E-state index in [0.29, 0.717) is 79.3 Å². The lowest BCUT2D eigenvalue weighted by Crippen LogP contribution is -2.27. The molecule has 0 saturated carbocycles. The number of carbonyl (C=O) groups is 2. The number of methoxy groups -OCH3 is 1. The quantitative estimate of drug-likeness (QED) is 0.112. The minimum absolute atomic E-state index is 0.158. The van der Waals surface area contributed by atoms with Gasteiger partial charge < -0.3 is 43.4 Å². The van der Waals surface area contributed by atoms with Crippen LogP contribution in [0.3, 0.4) is 0 Å². The molecule has 2 N–H and O–H groups in total. The van der Waals surface area contributed by atoms with Gasteiger partial charge in [0.1, 0.15) is 6.10 Å². The van der Waals surface area contributed by atoms with E-state index in [9.17, 15) is 9.59 Å². The maximum atomic E-state index is 10.6. The van der Waals surface area contributed by atoms with Gasteiger partial charge in [0.25, 0.3) is 0 Å². The van der Waals surface area contributed by atoms with Crippen molar-refractivity contribution in [2.75, 3.05) is 86.4 Å². The van der Waals surface area contributed by atoms with Crippen LogP contribution in [0.2, 0.25) is 0 Å². The van der Waals surface area contributed by atoms with E-state index in [1.165, 1.54) is 0 Å². The van der Waals surface area contributed by atoms with Gasteiger partial charge in [-0.3, -0.25) is 9.59 Å². The average Bonchev–Trinajstić information content (AvgIpc) is 2.90. The first kappa shape index (κ1) is 37.7. The number of unbranched alkanes of at least 4 members (excludes halogenated alkanes) is 8. The van der Waals surface area contributed by atoms with Crippen LogP contribution in [-0.4, -0.2) is 115 Å². The van der Waals surface area contributed by atoms with Crippen LogP contribution in [0.25, 0.3) is 0 Å². The predicted octanol–water partition coefficient (Wildman–Crippen LogP) is 3.95. The Morgan fingerprint density at radius 1 is 0.487 bits per heavy atom. The van der Waals surface area contributed by atoms with Gasteiger partial charge in [-0.05, 0) is 25.7 Å². The van der Waals surface area contributed by atoms with Crippen molar-refractivity contribution in [3.8, 4) is 0 Å². The molecule has 0 heterocycles. The van der Waals surface area contributed by atoms with E-state index in [4.69, 9.17) is 43.4 Å². The molecular weight excluding hydrogens is 512 g/mol. The summed E-state index contributed by atoms with van der Waals surface area (Å²) in [6.07, 6.45) is 9.50. The molecule has 0 saturated heterocycles. The summed E-state index contributed by atoms with van der Waals surface area (Å²) in [5.74, 6) is -1.47. The summed E-state index contributed by atoms with van der Waals surface area (Å²) in [4.78, 5) is 21.1. The molecule has 0 spiro atoms. The summed E-state index contributed by atoms with van der Waals surface area (Å²) in [5, 5.41) is 17.4. The molecule has 232 valence electrons. The van der Waals surface area contributed by atoms with Crippen molar-refractivity contribution < 1.29 is 53.0 Å². The van der Waals surface area contributed by atoms with E-state index >= 15 is 0 Å². The first-order valence-corrected chi connectivity index (χ1v) is 14.5. The zero-order valence-corrected chi connectivity index (χ0v) is 24.1. The minimum Gasteiger partial charge on any atom is -0.481 e. The Kier molecular flexibility index (Phi) is 30.1. The van der Waals surface area contributed by atoms with Gasteiger partial charge in [-0.1, -0.05) is 38.5 Å². The van der Waals surface area contributed by atoms with Gasteiger partial charge in [0.15, 0.2) is 0 Å². The highest BCUT2D eigenvalue weighted by Crippen LogP contribution is 2.08. The number of carboxylic acid groups (broad SMARTS) is 2. The maximum absolute atomic E-state index is 10.6. The molecule has 0 aliphatic heterocycles. The van der Waals surface area contributed by atoms with E-state index < -0.39 is 11.9 Å². The molecule has 0 aromatic carbocycles. The third-order valence-corrected chi connectivity index (χ3v) is 5.72. The molecule has 0 aromatic heterocycles. The third kappa shape index (κ3) is 32.8. The summed E-state index contributed by atoms with van der Waals surface area (Å²) >= 11 is 0. The second-order valence-electron chi connectivity index (χ2n) is 9.30. The van der Waals surface area contributed by atoms with Crippen LogP contribution in [0.4, 0.5) is 0 Å². The number of ether oxygens (including phenoxy) is 7. The highest BCUT2D eigenvalue weighted by atomic mass is 16.6. The Bertz CT molecular complexity index is 534. The van der Waals surface area contributed by atoms with E-state index in [0.717, 1.165) is 64.2 Å². The first-order chi connectivity index (χ1) is 19.1. The summed E-state index contributed by atoms with van der Waals surface area (Å²) < 4.78 is 38.8. The zero-order chi connectivity index (χ0) is 28.7. The van der Waals surface area contributed by atoms with Crippen molar-refractivity contribution in [3.63, 3.8) is 0 Å². The molecule has 0 radical (unpaired) electrons. The van der Waals surface area contributed by atoms with Crippen molar-refractivity contribution in [3.05, 3.63) is 0 Å². The molecule has 1 atom stereocenters. The van der Waals surface area contributed by atoms with Crippen LogP contribution in [0, 0.1) is 0 Å². The number of carboxylic acids is 2. The highest BCUT2D eigenvalue weighted by molar-refractivity contribution is 5.66. The fraction of sp³-hybridized carbons (Fsp3) is 0.929. The molecule has 0 aromatic rings. The Morgan fingerprint density at radius 2 is 0.872 bits per heavy atom. The van der Waals surface area contributed by atoms with Crippen LogP contribution in [-0.2, 0) is 42.7 Å². The monoisotopic (exact) mass is 566 g/mol. The molecule has 0 fully saturated rings. The average molecular weight is 567 g/mol. The molecule has 39 heavy (non-hydrogen) atoms. The minimum atomic E-state index is -0.738. The van der Waals surface area contributed by atoms with Crippen LogP contribution in [0.15, 0.2) is 0 Å². The van der Waals surface area contributed by atoms with Gasteiger partial charge in [0.05, 0.1) is 66.1 Å². The predicted molar refractivity (Wildman–Crippen MR) is 146 cm³/mol. The lowest BCUT2D eigenvalue weighted by molar-refractivity contribution is -0.138. The van der Waals surface area contributed by atoms with Gasteiger partial charge in [-0.25, -0.2) is 0 Å². The zero-order valence-electron chi connectivity index (χ0n) is 24.1. The lowest BCUT2D eigenvalue weighted by Gasteiger charge is -2.18. The Morgan fingerprint density at radius 3 is 1.36 bits per heavy atom.